The number of amides is 1. The van der Waals surface area contributed by atoms with E-state index in [2.05, 4.69) is 15.2 Å². The third kappa shape index (κ3) is 4.91. The van der Waals surface area contributed by atoms with Crippen molar-refractivity contribution in [2.24, 2.45) is 0 Å². The van der Waals surface area contributed by atoms with E-state index in [0.29, 0.717) is 16.8 Å². The molecule has 0 radical (unpaired) electrons. The Balaban J connectivity index is 2.29. The zero-order valence-electron chi connectivity index (χ0n) is 12.1. The molecule has 12 heteroatoms. The fourth-order valence-electron chi connectivity index (χ4n) is 1.85. The van der Waals surface area contributed by atoms with Gasteiger partial charge < -0.3 is 9.84 Å². The van der Waals surface area contributed by atoms with Crippen LogP contribution in [0.2, 0.25) is 0 Å². The van der Waals surface area contributed by atoms with E-state index in [1.165, 1.54) is 0 Å². The number of aliphatic hydroxyl groups is 1. The Hall–Kier alpha value is -1.68. The van der Waals surface area contributed by atoms with Gasteiger partial charge >= 0.3 is 6.09 Å². The van der Waals surface area contributed by atoms with Gasteiger partial charge in [0, 0.05) is 12.1 Å². The van der Waals surface area contributed by atoms with Crippen molar-refractivity contribution < 1.29 is 27.8 Å². The highest BCUT2D eigenvalue weighted by molar-refractivity contribution is 6.67. The molecule has 0 atom stereocenters. The Labute approximate surface area is 154 Å². The van der Waals surface area contributed by atoms with Crippen molar-refractivity contribution >= 4 is 46.6 Å². The number of ether oxygens (including phenoxy) is 1. The molecule has 0 bridgehead atoms. The van der Waals surface area contributed by atoms with Crippen LogP contribution in [0.3, 0.4) is 0 Å². The van der Waals surface area contributed by atoms with Gasteiger partial charge in [0.2, 0.25) is 3.79 Å². The summed E-state index contributed by atoms with van der Waals surface area (Å²) in [5.74, 6) is -3.62. The molecular formula is C13H9Cl3F3N3O3. The van der Waals surface area contributed by atoms with Crippen molar-refractivity contribution in [1.29, 1.82) is 0 Å². The molecule has 0 aliphatic heterocycles. The number of carbonyl (C=O) groups excluding carboxylic acids is 1. The number of aromatic nitrogens is 2. The van der Waals surface area contributed by atoms with Crippen molar-refractivity contribution in [3.05, 3.63) is 41.5 Å². The average Bonchev–Trinajstić information content (AvgIpc) is 2.86. The van der Waals surface area contributed by atoms with E-state index < -0.39 is 46.2 Å². The summed E-state index contributed by atoms with van der Waals surface area (Å²) in [4.78, 5) is 11.6. The van der Waals surface area contributed by atoms with Crippen LogP contribution in [-0.2, 0) is 11.3 Å². The van der Waals surface area contributed by atoms with Crippen molar-refractivity contribution in [2.75, 3.05) is 11.9 Å². The molecule has 0 aliphatic carbocycles. The number of halogens is 6. The zero-order valence-corrected chi connectivity index (χ0v) is 14.3. The topological polar surface area (TPSA) is 76.4 Å². The first-order valence-electron chi connectivity index (χ1n) is 6.45. The molecule has 2 aromatic rings. The van der Waals surface area contributed by atoms with E-state index in [9.17, 15) is 23.1 Å². The fourth-order valence-corrected chi connectivity index (χ4v) is 2.02. The van der Waals surface area contributed by atoms with Crippen LogP contribution in [0, 0.1) is 17.5 Å². The first-order chi connectivity index (χ1) is 11.6. The smallest absolute Gasteiger partial charge is 0.411 e. The highest BCUT2D eigenvalue weighted by atomic mass is 35.6. The number of alkyl halides is 3. The summed E-state index contributed by atoms with van der Waals surface area (Å²) in [5.41, 5.74) is -1.02. The van der Waals surface area contributed by atoms with Gasteiger partial charge in [-0.15, -0.1) is 0 Å². The van der Waals surface area contributed by atoms with E-state index in [1.807, 2.05) is 0 Å². The van der Waals surface area contributed by atoms with Crippen LogP contribution in [0.5, 0.6) is 0 Å². The number of anilines is 1. The minimum atomic E-state index is -1.83. The van der Waals surface area contributed by atoms with Gasteiger partial charge in [0.15, 0.2) is 11.6 Å². The molecule has 25 heavy (non-hydrogen) atoms. The van der Waals surface area contributed by atoms with Gasteiger partial charge in [-0.05, 0) is 0 Å². The largest absolute Gasteiger partial charge is 0.445 e. The Morgan fingerprint density at radius 2 is 1.88 bits per heavy atom. The van der Waals surface area contributed by atoms with Crippen LogP contribution in [0.1, 0.15) is 5.69 Å². The number of carbonyl (C=O) groups is 1. The number of hydrogen-bond donors (Lipinski definition) is 2. The Morgan fingerprint density at radius 3 is 2.40 bits per heavy atom. The number of aliphatic hydroxyl groups excluding tert-OH is 1. The number of nitrogens with one attached hydrogen (secondary N) is 1. The van der Waals surface area contributed by atoms with Crippen LogP contribution in [0.15, 0.2) is 18.3 Å². The zero-order chi connectivity index (χ0) is 18.8. The van der Waals surface area contributed by atoms with Crippen molar-refractivity contribution in [3.63, 3.8) is 0 Å². The summed E-state index contributed by atoms with van der Waals surface area (Å²) in [5, 5.41) is 15.3. The van der Waals surface area contributed by atoms with Crippen molar-refractivity contribution in [1.82, 2.24) is 9.78 Å². The summed E-state index contributed by atoms with van der Waals surface area (Å²) in [6, 6.07) is 0.896. The maximum absolute atomic E-state index is 13.9. The van der Waals surface area contributed by atoms with Gasteiger partial charge in [-0.2, -0.15) is 5.10 Å². The minimum Gasteiger partial charge on any atom is -0.445 e. The normalized spacial score (nSPS) is 11.5. The van der Waals surface area contributed by atoms with E-state index in [0.717, 1.165) is 6.20 Å². The quantitative estimate of drug-likeness (QED) is 0.743. The van der Waals surface area contributed by atoms with E-state index in [-0.39, 0.29) is 11.4 Å². The highest BCUT2D eigenvalue weighted by Gasteiger charge is 2.24. The van der Waals surface area contributed by atoms with Gasteiger partial charge in [-0.3, -0.25) is 5.32 Å². The molecule has 0 saturated carbocycles. The lowest BCUT2D eigenvalue weighted by Crippen LogP contribution is -2.21. The van der Waals surface area contributed by atoms with Crippen molar-refractivity contribution in [3.8, 4) is 5.69 Å². The third-order valence-corrected chi connectivity index (χ3v) is 3.14. The first-order valence-corrected chi connectivity index (χ1v) is 7.59. The Kier molecular flexibility index (Phi) is 6.04. The van der Waals surface area contributed by atoms with Gasteiger partial charge in [0.25, 0.3) is 0 Å². The van der Waals surface area contributed by atoms with Gasteiger partial charge in [-0.1, -0.05) is 34.8 Å². The predicted octanol–water partition coefficient (Wildman–Crippen LogP) is 3.70. The average molecular weight is 419 g/mol. The van der Waals surface area contributed by atoms with E-state index in [4.69, 9.17) is 34.8 Å². The van der Waals surface area contributed by atoms with E-state index in [1.54, 1.807) is 0 Å². The Morgan fingerprint density at radius 1 is 1.28 bits per heavy atom. The molecule has 0 fully saturated rings. The minimum absolute atomic E-state index is 0.111. The predicted molar refractivity (Wildman–Crippen MR) is 84.6 cm³/mol. The van der Waals surface area contributed by atoms with Crippen LogP contribution in [0.4, 0.5) is 23.7 Å². The number of nitrogens with zero attached hydrogens (tertiary/aromatic N) is 2. The van der Waals surface area contributed by atoms with Crippen LogP contribution < -0.4 is 5.32 Å². The second kappa shape index (κ2) is 7.69. The summed E-state index contributed by atoms with van der Waals surface area (Å²) in [6.45, 7) is -1.32. The molecule has 0 aliphatic rings. The van der Waals surface area contributed by atoms with Gasteiger partial charge in [0.05, 0.1) is 24.2 Å². The molecule has 6 nitrogen and oxygen atoms in total. The maximum Gasteiger partial charge on any atom is 0.411 e. The molecule has 1 amide bonds. The molecular weight excluding hydrogens is 410 g/mol. The van der Waals surface area contributed by atoms with Gasteiger partial charge in [0.1, 0.15) is 18.1 Å². The molecule has 0 spiro atoms. The fraction of sp³-hybridized carbons (Fsp3) is 0.231. The highest BCUT2D eigenvalue weighted by Crippen LogP contribution is 2.27. The molecule has 1 aromatic heterocycles. The molecule has 0 unspecified atom stereocenters. The third-order valence-electron chi connectivity index (χ3n) is 2.82. The van der Waals surface area contributed by atoms with Crippen molar-refractivity contribution in [2.45, 2.75) is 10.4 Å². The maximum atomic E-state index is 13.9. The summed E-state index contributed by atoms with van der Waals surface area (Å²) in [6.07, 6.45) is -0.0506. The SMILES string of the molecule is O=C(Nc1cnn(-c2c(F)cc(F)cc2F)c1CO)OCC(Cl)(Cl)Cl. The molecule has 2 rings (SSSR count). The lowest BCUT2D eigenvalue weighted by molar-refractivity contribution is 0.164. The molecule has 1 aromatic carbocycles. The molecule has 2 N–H and O–H groups in total. The van der Waals surface area contributed by atoms with Crippen LogP contribution >= 0.6 is 34.8 Å². The summed E-state index contributed by atoms with van der Waals surface area (Å²) in [7, 11) is 0. The van der Waals surface area contributed by atoms with Gasteiger partial charge in [-0.25, -0.2) is 22.6 Å². The number of benzene rings is 1. The standard InChI is InChI=1S/C13H9Cl3F3N3O3/c14-13(15,16)5-25-12(24)21-9-3-20-22(10(9)4-23)11-7(18)1-6(17)2-8(11)19/h1-3,23H,4-5H2,(H,21,24). The molecule has 1 heterocycles. The second-order valence-corrected chi connectivity index (χ2v) is 7.13. The lowest BCUT2D eigenvalue weighted by Gasteiger charge is -2.12. The Bertz CT molecular complexity index is 773. The molecule has 0 saturated heterocycles. The van der Waals surface area contributed by atoms with E-state index >= 15 is 0 Å². The second-order valence-electron chi connectivity index (χ2n) is 4.61. The lowest BCUT2D eigenvalue weighted by atomic mass is 10.2. The van der Waals surface area contributed by atoms with Crippen LogP contribution in [-0.4, -0.2) is 31.4 Å². The monoisotopic (exact) mass is 417 g/mol. The number of hydrogen-bond acceptors (Lipinski definition) is 4. The van der Waals surface area contributed by atoms with Crippen LogP contribution in [0.25, 0.3) is 5.69 Å². The number of rotatable bonds is 4. The summed E-state index contributed by atoms with van der Waals surface area (Å²) >= 11 is 16.3. The first kappa shape index (κ1) is 19.6. The summed E-state index contributed by atoms with van der Waals surface area (Å²) < 4.78 is 44.2. The molecule has 136 valence electrons.